The van der Waals surface area contributed by atoms with Crippen LogP contribution >= 0.6 is 23.1 Å². The third-order valence-corrected chi connectivity index (χ3v) is 4.83. The van der Waals surface area contributed by atoms with Crippen molar-refractivity contribution in [2.75, 3.05) is 17.8 Å². The van der Waals surface area contributed by atoms with Gasteiger partial charge in [-0.25, -0.2) is 13.4 Å². The first kappa shape index (κ1) is 12.6. The quantitative estimate of drug-likeness (QED) is 0.847. The molecule has 0 spiro atoms. The summed E-state index contributed by atoms with van der Waals surface area (Å²) < 4.78 is 21.9. The van der Waals surface area contributed by atoms with Crippen LogP contribution in [0.25, 0.3) is 10.7 Å². The fourth-order valence-electron chi connectivity index (χ4n) is 1.12. The van der Waals surface area contributed by atoms with Crippen LogP contribution in [0.5, 0.6) is 0 Å². The Hall–Kier alpha value is -0.860. The number of aromatic amines is 1. The zero-order valence-corrected chi connectivity index (χ0v) is 11.5. The fourth-order valence-corrected chi connectivity index (χ4v) is 3.78. The number of rotatable bonds is 5. The molecule has 0 aliphatic carbocycles. The van der Waals surface area contributed by atoms with Crippen molar-refractivity contribution in [2.45, 2.75) is 5.16 Å². The van der Waals surface area contributed by atoms with Crippen LogP contribution in [0.3, 0.4) is 0 Å². The first-order valence-corrected chi connectivity index (χ1v) is 8.74. The predicted octanol–water partition coefficient (Wildman–Crippen LogP) is 1.67. The van der Waals surface area contributed by atoms with Gasteiger partial charge in [0.15, 0.2) is 5.82 Å². The predicted molar refractivity (Wildman–Crippen MR) is 70.1 cm³/mol. The van der Waals surface area contributed by atoms with E-state index in [-0.39, 0.29) is 5.75 Å². The molecule has 0 aliphatic rings. The molecule has 0 bridgehead atoms. The van der Waals surface area contributed by atoms with Gasteiger partial charge in [0.1, 0.15) is 9.84 Å². The minimum Gasteiger partial charge on any atom is -0.257 e. The second-order valence-corrected chi connectivity index (χ2v) is 7.69. The molecule has 0 amide bonds. The van der Waals surface area contributed by atoms with Crippen LogP contribution < -0.4 is 0 Å². The number of nitrogens with zero attached hydrogens (tertiary/aromatic N) is 2. The molecule has 92 valence electrons. The Morgan fingerprint density at radius 3 is 3.00 bits per heavy atom. The van der Waals surface area contributed by atoms with Crippen molar-refractivity contribution < 1.29 is 8.42 Å². The lowest BCUT2D eigenvalue weighted by molar-refractivity contribution is 0.603. The summed E-state index contributed by atoms with van der Waals surface area (Å²) in [6, 6.07) is 3.90. The minimum absolute atomic E-state index is 0.139. The van der Waals surface area contributed by atoms with Gasteiger partial charge in [0.05, 0.1) is 10.6 Å². The second-order valence-electron chi connectivity index (χ2n) is 3.42. The number of sulfone groups is 1. The number of nitrogens with one attached hydrogen (secondary N) is 1. The number of hydrogen-bond donors (Lipinski definition) is 1. The largest absolute Gasteiger partial charge is 0.257 e. The molecule has 0 fully saturated rings. The lowest BCUT2D eigenvalue weighted by Crippen LogP contribution is -2.05. The number of thioether (sulfide) groups is 1. The summed E-state index contributed by atoms with van der Waals surface area (Å²) in [5.74, 6) is 1.34. The molecule has 0 aliphatic heterocycles. The van der Waals surface area contributed by atoms with Crippen molar-refractivity contribution in [2.24, 2.45) is 0 Å². The number of thiophene rings is 1. The van der Waals surface area contributed by atoms with Crippen LogP contribution in [0, 0.1) is 0 Å². The SMILES string of the molecule is CS(=O)(=O)CCSc1n[nH]c(-c2cccs2)n1. The molecule has 0 saturated heterocycles. The van der Waals surface area contributed by atoms with Crippen molar-refractivity contribution in [3.8, 4) is 10.7 Å². The molecule has 0 unspecified atom stereocenters. The van der Waals surface area contributed by atoms with Crippen LogP contribution in [0.4, 0.5) is 0 Å². The Labute approximate surface area is 108 Å². The van der Waals surface area contributed by atoms with E-state index in [1.807, 2.05) is 17.5 Å². The molecular weight excluding hydrogens is 278 g/mol. The summed E-state index contributed by atoms with van der Waals surface area (Å²) in [6.45, 7) is 0. The van der Waals surface area contributed by atoms with E-state index in [4.69, 9.17) is 0 Å². The topological polar surface area (TPSA) is 75.7 Å². The summed E-state index contributed by atoms with van der Waals surface area (Å²) in [7, 11) is -2.92. The molecule has 1 N–H and O–H groups in total. The molecule has 8 heteroatoms. The average Bonchev–Trinajstić information content (AvgIpc) is 2.83. The minimum atomic E-state index is -2.92. The Kier molecular flexibility index (Phi) is 3.85. The molecule has 0 radical (unpaired) electrons. The van der Waals surface area contributed by atoms with Gasteiger partial charge < -0.3 is 0 Å². The highest BCUT2D eigenvalue weighted by Gasteiger charge is 2.08. The third kappa shape index (κ3) is 3.83. The van der Waals surface area contributed by atoms with Crippen molar-refractivity contribution in [1.29, 1.82) is 0 Å². The standard InChI is InChI=1S/C9H11N3O2S3/c1-17(13,14)6-5-16-9-10-8(11-12-9)7-3-2-4-15-7/h2-4H,5-6H2,1H3,(H,10,11,12). The van der Waals surface area contributed by atoms with E-state index in [9.17, 15) is 8.42 Å². The first-order valence-electron chi connectivity index (χ1n) is 4.81. The molecule has 2 heterocycles. The van der Waals surface area contributed by atoms with Gasteiger partial charge in [-0.15, -0.1) is 16.4 Å². The number of aromatic nitrogens is 3. The third-order valence-electron chi connectivity index (χ3n) is 1.90. The van der Waals surface area contributed by atoms with Gasteiger partial charge in [0.25, 0.3) is 0 Å². The molecule has 17 heavy (non-hydrogen) atoms. The normalized spacial score (nSPS) is 11.8. The maximum Gasteiger partial charge on any atom is 0.208 e. The van der Waals surface area contributed by atoms with Crippen LogP contribution in [0.15, 0.2) is 22.7 Å². The molecule has 2 aromatic heterocycles. The highest BCUT2D eigenvalue weighted by atomic mass is 32.2. The highest BCUT2D eigenvalue weighted by Crippen LogP contribution is 2.23. The Bertz CT molecular complexity index is 574. The smallest absolute Gasteiger partial charge is 0.208 e. The van der Waals surface area contributed by atoms with Gasteiger partial charge in [0.2, 0.25) is 5.16 Å². The van der Waals surface area contributed by atoms with Crippen molar-refractivity contribution in [3.05, 3.63) is 17.5 Å². The molecule has 0 saturated carbocycles. The molecule has 0 atom stereocenters. The van der Waals surface area contributed by atoms with E-state index in [0.29, 0.717) is 10.9 Å². The van der Waals surface area contributed by atoms with Crippen LogP contribution in [0.1, 0.15) is 0 Å². The summed E-state index contributed by atoms with van der Waals surface area (Å²) in [5.41, 5.74) is 0. The number of H-pyrrole nitrogens is 1. The van der Waals surface area contributed by atoms with Gasteiger partial charge in [-0.05, 0) is 11.4 Å². The van der Waals surface area contributed by atoms with E-state index >= 15 is 0 Å². The Morgan fingerprint density at radius 2 is 2.35 bits per heavy atom. The first-order chi connectivity index (χ1) is 8.04. The molecule has 2 rings (SSSR count). The van der Waals surface area contributed by atoms with Crippen molar-refractivity contribution in [3.63, 3.8) is 0 Å². The van der Waals surface area contributed by atoms with E-state index < -0.39 is 9.84 Å². The Morgan fingerprint density at radius 1 is 1.53 bits per heavy atom. The maximum absolute atomic E-state index is 11.0. The molecule has 0 aromatic carbocycles. The number of hydrogen-bond acceptors (Lipinski definition) is 6. The zero-order chi connectivity index (χ0) is 12.3. The lowest BCUT2D eigenvalue weighted by Gasteiger charge is -1.94. The van der Waals surface area contributed by atoms with E-state index in [1.54, 1.807) is 11.3 Å². The van der Waals surface area contributed by atoms with E-state index in [0.717, 1.165) is 10.7 Å². The van der Waals surface area contributed by atoms with Crippen LogP contribution in [-0.4, -0.2) is 41.4 Å². The summed E-state index contributed by atoms with van der Waals surface area (Å²) in [4.78, 5) is 5.30. The lowest BCUT2D eigenvalue weighted by atomic mass is 10.4. The van der Waals surface area contributed by atoms with Crippen LogP contribution in [0.2, 0.25) is 0 Å². The molecule has 5 nitrogen and oxygen atoms in total. The molecular formula is C9H11N3O2S3. The van der Waals surface area contributed by atoms with Gasteiger partial charge in [0, 0.05) is 12.0 Å². The van der Waals surface area contributed by atoms with Crippen LogP contribution in [-0.2, 0) is 9.84 Å². The monoisotopic (exact) mass is 289 g/mol. The molecule has 2 aromatic rings. The van der Waals surface area contributed by atoms with Crippen molar-refractivity contribution >= 4 is 32.9 Å². The fraction of sp³-hybridized carbons (Fsp3) is 0.333. The highest BCUT2D eigenvalue weighted by molar-refractivity contribution is 8.00. The Balaban J connectivity index is 1.95. The second kappa shape index (κ2) is 5.19. The van der Waals surface area contributed by atoms with Gasteiger partial charge >= 0.3 is 0 Å². The average molecular weight is 289 g/mol. The zero-order valence-electron chi connectivity index (χ0n) is 9.08. The maximum atomic E-state index is 11.0. The summed E-state index contributed by atoms with van der Waals surface area (Å²) in [6.07, 6.45) is 1.22. The van der Waals surface area contributed by atoms with Gasteiger partial charge in [-0.1, -0.05) is 17.8 Å². The summed E-state index contributed by atoms with van der Waals surface area (Å²) >= 11 is 2.92. The van der Waals surface area contributed by atoms with E-state index in [2.05, 4.69) is 15.2 Å². The van der Waals surface area contributed by atoms with E-state index in [1.165, 1.54) is 18.0 Å². The van der Waals surface area contributed by atoms with Gasteiger partial charge in [-0.2, -0.15) is 0 Å². The summed E-state index contributed by atoms with van der Waals surface area (Å²) in [5, 5.41) is 9.41. The van der Waals surface area contributed by atoms with Crippen molar-refractivity contribution in [1.82, 2.24) is 15.2 Å². The van der Waals surface area contributed by atoms with Gasteiger partial charge in [-0.3, -0.25) is 5.10 Å².